The largest absolute Gasteiger partial charge is 0.325 e. The van der Waals surface area contributed by atoms with E-state index in [1.807, 2.05) is 37.3 Å². The van der Waals surface area contributed by atoms with Crippen LogP contribution in [0.1, 0.15) is 21.6 Å². The van der Waals surface area contributed by atoms with Crippen LogP contribution in [0.25, 0.3) is 0 Å². The first-order valence-electron chi connectivity index (χ1n) is 9.33. The summed E-state index contributed by atoms with van der Waals surface area (Å²) in [5, 5.41) is 6.05. The molecule has 2 amide bonds. The molecule has 3 rings (SSSR count). The molecule has 0 aliphatic heterocycles. The van der Waals surface area contributed by atoms with Crippen molar-refractivity contribution in [2.75, 3.05) is 22.1 Å². The Morgan fingerprint density at radius 3 is 2.57 bits per heavy atom. The van der Waals surface area contributed by atoms with E-state index in [-0.39, 0.29) is 29.1 Å². The highest BCUT2D eigenvalue weighted by atomic mass is 32.2. The zero-order chi connectivity index (χ0) is 21.5. The number of amides is 2. The SMILES string of the molecule is Cc1cccc(NC(=O)CSCC(=O)Nc2ncc(Cc3ccc(C)c(F)c3)s2)c1. The van der Waals surface area contributed by atoms with Gasteiger partial charge in [0.15, 0.2) is 5.13 Å². The second-order valence-electron chi connectivity index (χ2n) is 6.85. The summed E-state index contributed by atoms with van der Waals surface area (Å²) in [4.78, 5) is 29.2. The predicted molar refractivity (Wildman–Crippen MR) is 122 cm³/mol. The molecule has 0 saturated carbocycles. The minimum Gasteiger partial charge on any atom is -0.325 e. The van der Waals surface area contributed by atoms with E-state index in [1.54, 1.807) is 19.2 Å². The van der Waals surface area contributed by atoms with Gasteiger partial charge in [0, 0.05) is 23.2 Å². The summed E-state index contributed by atoms with van der Waals surface area (Å²) in [7, 11) is 0. The fraction of sp³-hybridized carbons (Fsp3) is 0.227. The molecule has 0 unspecified atom stereocenters. The average Bonchev–Trinajstić information content (AvgIpc) is 3.11. The number of carbonyl (C=O) groups is 2. The standard InChI is InChI=1S/C22H22FN3O2S2/c1-14-4-3-5-17(8-14)25-20(27)12-29-13-21(28)26-22-24-11-18(30-22)9-16-7-6-15(2)19(23)10-16/h3-8,10-11H,9,12-13H2,1-2H3,(H,25,27)(H,24,26,28). The van der Waals surface area contributed by atoms with Gasteiger partial charge in [0.25, 0.3) is 0 Å². The Labute approximate surface area is 183 Å². The van der Waals surface area contributed by atoms with E-state index in [4.69, 9.17) is 0 Å². The molecule has 2 N–H and O–H groups in total. The second kappa shape index (κ2) is 10.4. The zero-order valence-corrected chi connectivity index (χ0v) is 18.3. The fourth-order valence-corrected chi connectivity index (χ4v) is 4.19. The lowest BCUT2D eigenvalue weighted by Crippen LogP contribution is -2.18. The maximum atomic E-state index is 13.7. The molecule has 0 aliphatic rings. The zero-order valence-electron chi connectivity index (χ0n) is 16.7. The molecule has 0 aliphatic carbocycles. The van der Waals surface area contributed by atoms with Crippen LogP contribution in [0.2, 0.25) is 0 Å². The van der Waals surface area contributed by atoms with Crippen LogP contribution in [0.15, 0.2) is 48.7 Å². The molecule has 3 aromatic rings. The highest BCUT2D eigenvalue weighted by molar-refractivity contribution is 8.00. The minimum atomic E-state index is -0.228. The van der Waals surface area contributed by atoms with E-state index in [9.17, 15) is 14.0 Å². The fourth-order valence-electron chi connectivity index (χ4n) is 2.71. The number of anilines is 2. The van der Waals surface area contributed by atoms with E-state index in [1.165, 1.54) is 29.2 Å². The number of thiazole rings is 1. The molecule has 1 aromatic heterocycles. The Hall–Kier alpha value is -2.71. The molecule has 0 bridgehead atoms. The van der Waals surface area contributed by atoms with Gasteiger partial charge >= 0.3 is 0 Å². The Morgan fingerprint density at radius 2 is 1.83 bits per heavy atom. The van der Waals surface area contributed by atoms with Crippen molar-refractivity contribution in [3.63, 3.8) is 0 Å². The summed E-state index contributed by atoms with van der Waals surface area (Å²) in [6.07, 6.45) is 2.24. The molecule has 30 heavy (non-hydrogen) atoms. The van der Waals surface area contributed by atoms with Crippen LogP contribution in [0, 0.1) is 19.7 Å². The quantitative estimate of drug-likeness (QED) is 0.525. The Kier molecular flexibility index (Phi) is 7.59. The highest BCUT2D eigenvalue weighted by Gasteiger charge is 2.10. The summed E-state index contributed by atoms with van der Waals surface area (Å²) in [6.45, 7) is 3.68. The Morgan fingerprint density at radius 1 is 1.07 bits per heavy atom. The van der Waals surface area contributed by atoms with E-state index in [0.29, 0.717) is 17.1 Å². The number of hydrogen-bond donors (Lipinski definition) is 2. The van der Waals surface area contributed by atoms with Crippen molar-refractivity contribution in [3.8, 4) is 0 Å². The third kappa shape index (κ3) is 6.67. The highest BCUT2D eigenvalue weighted by Crippen LogP contribution is 2.22. The first-order valence-corrected chi connectivity index (χ1v) is 11.3. The van der Waals surface area contributed by atoms with E-state index < -0.39 is 0 Å². The lowest BCUT2D eigenvalue weighted by atomic mass is 10.1. The molecule has 2 aromatic carbocycles. The first kappa shape index (κ1) is 22.0. The summed E-state index contributed by atoms with van der Waals surface area (Å²) in [5.41, 5.74) is 3.28. The van der Waals surface area contributed by atoms with Crippen LogP contribution in [-0.2, 0) is 16.0 Å². The van der Waals surface area contributed by atoms with E-state index in [2.05, 4.69) is 15.6 Å². The van der Waals surface area contributed by atoms with Crippen molar-refractivity contribution in [3.05, 3.63) is 76.0 Å². The molecule has 0 spiro atoms. The van der Waals surface area contributed by atoms with Crippen molar-refractivity contribution in [2.45, 2.75) is 20.3 Å². The van der Waals surface area contributed by atoms with Gasteiger partial charge in [0.05, 0.1) is 11.5 Å². The van der Waals surface area contributed by atoms with Gasteiger partial charge in [0.2, 0.25) is 11.8 Å². The van der Waals surface area contributed by atoms with Crippen LogP contribution >= 0.6 is 23.1 Å². The van der Waals surface area contributed by atoms with Gasteiger partial charge in [-0.25, -0.2) is 9.37 Å². The molecule has 0 saturated heterocycles. The van der Waals surface area contributed by atoms with Crippen molar-refractivity contribution >= 4 is 45.7 Å². The van der Waals surface area contributed by atoms with Crippen LogP contribution in [-0.4, -0.2) is 28.3 Å². The monoisotopic (exact) mass is 443 g/mol. The maximum absolute atomic E-state index is 13.7. The number of thioether (sulfide) groups is 1. The summed E-state index contributed by atoms with van der Waals surface area (Å²) < 4.78 is 13.7. The molecule has 0 atom stereocenters. The second-order valence-corrected chi connectivity index (χ2v) is 8.95. The third-order valence-corrected chi connectivity index (χ3v) is 6.03. The lowest BCUT2D eigenvalue weighted by Gasteiger charge is -2.06. The van der Waals surface area contributed by atoms with Gasteiger partial charge in [-0.05, 0) is 48.7 Å². The molecule has 1 heterocycles. The minimum absolute atomic E-state index is 0.152. The molecule has 0 fully saturated rings. The van der Waals surface area contributed by atoms with Gasteiger partial charge in [0.1, 0.15) is 5.82 Å². The number of benzene rings is 2. The number of rotatable bonds is 8. The van der Waals surface area contributed by atoms with Crippen molar-refractivity contribution in [2.24, 2.45) is 0 Å². The molecule has 8 heteroatoms. The third-order valence-electron chi connectivity index (χ3n) is 4.18. The molecule has 5 nitrogen and oxygen atoms in total. The molecule has 156 valence electrons. The van der Waals surface area contributed by atoms with Gasteiger partial charge in [-0.1, -0.05) is 24.3 Å². The van der Waals surface area contributed by atoms with Crippen LogP contribution in [0.4, 0.5) is 15.2 Å². The molecular weight excluding hydrogens is 421 g/mol. The molecule has 0 radical (unpaired) electrons. The van der Waals surface area contributed by atoms with Gasteiger partial charge in [-0.15, -0.1) is 23.1 Å². The number of hydrogen-bond acceptors (Lipinski definition) is 5. The van der Waals surface area contributed by atoms with E-state index in [0.717, 1.165) is 21.7 Å². The number of nitrogens with zero attached hydrogens (tertiary/aromatic N) is 1. The summed E-state index contributed by atoms with van der Waals surface area (Å²) in [5.74, 6) is -0.261. The van der Waals surface area contributed by atoms with Gasteiger partial charge in [-0.3, -0.25) is 9.59 Å². The van der Waals surface area contributed by atoms with Gasteiger partial charge in [-0.2, -0.15) is 0 Å². The van der Waals surface area contributed by atoms with Crippen molar-refractivity contribution in [1.82, 2.24) is 4.98 Å². The van der Waals surface area contributed by atoms with Crippen molar-refractivity contribution in [1.29, 1.82) is 0 Å². The predicted octanol–water partition coefficient (Wildman–Crippen LogP) is 4.80. The smallest absolute Gasteiger partial charge is 0.236 e. The van der Waals surface area contributed by atoms with Crippen LogP contribution in [0.5, 0.6) is 0 Å². The summed E-state index contributed by atoms with van der Waals surface area (Å²) in [6, 6.07) is 12.7. The maximum Gasteiger partial charge on any atom is 0.236 e. The summed E-state index contributed by atoms with van der Waals surface area (Å²) >= 11 is 2.59. The normalized spacial score (nSPS) is 10.6. The van der Waals surface area contributed by atoms with Crippen molar-refractivity contribution < 1.29 is 14.0 Å². The average molecular weight is 444 g/mol. The number of halogens is 1. The van der Waals surface area contributed by atoms with Crippen LogP contribution in [0.3, 0.4) is 0 Å². The number of nitrogens with one attached hydrogen (secondary N) is 2. The number of aryl methyl sites for hydroxylation is 2. The Bertz CT molecular complexity index is 1050. The van der Waals surface area contributed by atoms with Gasteiger partial charge < -0.3 is 10.6 Å². The topological polar surface area (TPSA) is 71.1 Å². The van der Waals surface area contributed by atoms with Crippen LogP contribution < -0.4 is 10.6 Å². The molecular formula is C22H22FN3O2S2. The van der Waals surface area contributed by atoms with E-state index >= 15 is 0 Å². The Balaban J connectivity index is 1.41. The number of carbonyl (C=O) groups excluding carboxylic acids is 2. The lowest BCUT2D eigenvalue weighted by molar-refractivity contribution is -0.114. The first-order chi connectivity index (χ1) is 14.4. The number of aromatic nitrogens is 1.